The lowest BCUT2D eigenvalue weighted by molar-refractivity contribution is -0.137. The van der Waals surface area contributed by atoms with Gasteiger partial charge in [0, 0.05) is 30.7 Å². The van der Waals surface area contributed by atoms with Crippen molar-refractivity contribution in [2.75, 3.05) is 31.1 Å². The molecule has 0 aliphatic carbocycles. The maximum atomic E-state index is 13.2. The lowest BCUT2D eigenvalue weighted by atomic mass is 10.1. The molecule has 1 heterocycles. The van der Waals surface area contributed by atoms with Crippen LogP contribution >= 0.6 is 15.9 Å². The highest BCUT2D eigenvalue weighted by Gasteiger charge is 2.37. The number of carbonyl (C=O) groups is 1. The summed E-state index contributed by atoms with van der Waals surface area (Å²) in [4.78, 5) is 15.2. The van der Waals surface area contributed by atoms with Crippen LogP contribution in [0.4, 0.5) is 23.7 Å². The predicted octanol–water partition coefficient (Wildman–Crippen LogP) is 4.53. The van der Waals surface area contributed by atoms with E-state index in [1.807, 2.05) is 0 Å². The Balaban J connectivity index is 2.12. The van der Waals surface area contributed by atoms with Gasteiger partial charge in [-0.2, -0.15) is 13.2 Å². The Morgan fingerprint density at radius 3 is 2.21 bits per heavy atom. The number of carbonyl (C=O) groups excluding carboxylic acids is 1. The van der Waals surface area contributed by atoms with Gasteiger partial charge in [-0.05, 0) is 48.8 Å². The monoisotopic (exact) mass is 408 g/mol. The highest BCUT2D eigenvalue weighted by molar-refractivity contribution is 9.10. The van der Waals surface area contributed by atoms with Gasteiger partial charge in [0.25, 0.3) is 0 Å². The maximum absolute atomic E-state index is 13.2. The largest absolute Gasteiger partial charge is 0.444 e. The van der Waals surface area contributed by atoms with Crippen LogP contribution in [0, 0.1) is 0 Å². The van der Waals surface area contributed by atoms with Gasteiger partial charge < -0.3 is 14.5 Å². The Hall–Kier alpha value is -1.44. The van der Waals surface area contributed by atoms with Gasteiger partial charge in [-0.15, -0.1) is 0 Å². The first-order chi connectivity index (χ1) is 11.0. The van der Waals surface area contributed by atoms with Crippen LogP contribution in [0.3, 0.4) is 0 Å². The van der Waals surface area contributed by atoms with Gasteiger partial charge in [0.1, 0.15) is 5.60 Å². The first-order valence-electron chi connectivity index (χ1n) is 7.57. The lowest BCUT2D eigenvalue weighted by Gasteiger charge is -2.38. The minimum atomic E-state index is -4.43. The van der Waals surface area contributed by atoms with Gasteiger partial charge in [0.15, 0.2) is 0 Å². The number of para-hydroxylation sites is 1. The standard InChI is InChI=1S/C16H20BrF3N2O2/c1-15(2,3)24-14(23)22-9-7-21(8-10-22)13-11(16(18,19)20)5-4-6-12(13)17/h4-6H,7-10H2,1-3H3. The first-order valence-corrected chi connectivity index (χ1v) is 8.37. The van der Waals surface area contributed by atoms with E-state index in [9.17, 15) is 18.0 Å². The fourth-order valence-electron chi connectivity index (χ4n) is 2.50. The van der Waals surface area contributed by atoms with Gasteiger partial charge in [-0.3, -0.25) is 0 Å². The van der Waals surface area contributed by atoms with Crippen LogP contribution < -0.4 is 4.90 Å². The normalized spacial score (nSPS) is 16.3. The van der Waals surface area contributed by atoms with Crippen molar-refractivity contribution in [1.82, 2.24) is 4.90 Å². The summed E-state index contributed by atoms with van der Waals surface area (Å²) < 4.78 is 45.4. The van der Waals surface area contributed by atoms with Gasteiger partial charge >= 0.3 is 12.3 Å². The number of piperazine rings is 1. The van der Waals surface area contributed by atoms with E-state index in [1.165, 1.54) is 11.0 Å². The van der Waals surface area contributed by atoms with Gasteiger partial charge in [0.2, 0.25) is 0 Å². The summed E-state index contributed by atoms with van der Waals surface area (Å²) in [5.41, 5.74) is -1.16. The summed E-state index contributed by atoms with van der Waals surface area (Å²) in [6.07, 6.45) is -4.87. The SMILES string of the molecule is CC(C)(C)OC(=O)N1CCN(c2c(Br)cccc2C(F)(F)F)CC1. The summed E-state index contributed by atoms with van der Waals surface area (Å²) in [6.45, 7) is 6.57. The third-order valence-electron chi connectivity index (χ3n) is 3.54. The summed E-state index contributed by atoms with van der Waals surface area (Å²) >= 11 is 3.21. The van der Waals surface area contributed by atoms with Crippen LogP contribution in [0.5, 0.6) is 0 Å². The molecule has 1 aromatic carbocycles. The Morgan fingerprint density at radius 1 is 1.12 bits per heavy atom. The zero-order valence-corrected chi connectivity index (χ0v) is 15.4. The molecule has 1 aliphatic rings. The van der Waals surface area contributed by atoms with Crippen LogP contribution in [-0.2, 0) is 10.9 Å². The topological polar surface area (TPSA) is 32.8 Å². The van der Waals surface area contributed by atoms with Crippen molar-refractivity contribution in [2.45, 2.75) is 32.5 Å². The van der Waals surface area contributed by atoms with Crippen molar-refractivity contribution in [3.63, 3.8) is 0 Å². The number of halogens is 4. The lowest BCUT2D eigenvalue weighted by Crippen LogP contribution is -2.50. The molecule has 0 radical (unpaired) electrons. The molecule has 134 valence electrons. The number of alkyl halides is 3. The molecule has 8 heteroatoms. The Bertz CT molecular complexity index is 606. The van der Waals surface area contributed by atoms with E-state index in [2.05, 4.69) is 15.9 Å². The second-order valence-electron chi connectivity index (χ2n) is 6.59. The molecule has 1 saturated heterocycles. The van der Waals surface area contributed by atoms with E-state index in [1.54, 1.807) is 31.7 Å². The van der Waals surface area contributed by atoms with E-state index in [0.717, 1.165) is 6.07 Å². The predicted molar refractivity (Wildman–Crippen MR) is 89.2 cm³/mol. The fourth-order valence-corrected chi connectivity index (χ4v) is 3.12. The van der Waals surface area contributed by atoms with Crippen molar-refractivity contribution in [1.29, 1.82) is 0 Å². The number of rotatable bonds is 1. The van der Waals surface area contributed by atoms with Gasteiger partial charge in [-0.1, -0.05) is 6.07 Å². The van der Waals surface area contributed by atoms with E-state index >= 15 is 0 Å². The third-order valence-corrected chi connectivity index (χ3v) is 4.18. The van der Waals surface area contributed by atoms with Crippen molar-refractivity contribution in [2.24, 2.45) is 0 Å². The van der Waals surface area contributed by atoms with Crippen molar-refractivity contribution in [3.05, 3.63) is 28.2 Å². The van der Waals surface area contributed by atoms with E-state index < -0.39 is 23.4 Å². The quantitative estimate of drug-likeness (QED) is 0.684. The minimum absolute atomic E-state index is 0.119. The summed E-state index contributed by atoms with van der Waals surface area (Å²) in [5, 5.41) is 0. The molecular formula is C16H20BrF3N2O2. The molecule has 0 N–H and O–H groups in total. The molecule has 0 bridgehead atoms. The molecule has 0 atom stereocenters. The Kier molecular flexibility index (Phi) is 5.37. The number of hydrogen-bond donors (Lipinski definition) is 0. The third kappa shape index (κ3) is 4.55. The zero-order valence-electron chi connectivity index (χ0n) is 13.8. The van der Waals surface area contributed by atoms with Crippen LogP contribution in [-0.4, -0.2) is 42.8 Å². The molecule has 0 aromatic heterocycles. The first kappa shape index (κ1) is 18.9. The summed E-state index contributed by atoms with van der Waals surface area (Å²) in [6, 6.07) is 4.03. The molecule has 1 fully saturated rings. The van der Waals surface area contributed by atoms with Crippen LogP contribution in [0.15, 0.2) is 22.7 Å². The van der Waals surface area contributed by atoms with E-state index in [0.29, 0.717) is 30.7 Å². The molecule has 24 heavy (non-hydrogen) atoms. The fraction of sp³-hybridized carbons (Fsp3) is 0.562. The second kappa shape index (κ2) is 6.82. The summed E-state index contributed by atoms with van der Waals surface area (Å²) in [5.74, 6) is 0. The van der Waals surface area contributed by atoms with Crippen LogP contribution in [0.25, 0.3) is 0 Å². The molecule has 0 unspecified atom stereocenters. The number of anilines is 1. The Labute approximate surface area is 147 Å². The molecule has 0 saturated carbocycles. The smallest absolute Gasteiger partial charge is 0.418 e. The number of ether oxygens (including phenoxy) is 1. The number of amides is 1. The number of nitrogens with zero attached hydrogens (tertiary/aromatic N) is 2. The van der Waals surface area contributed by atoms with Crippen LogP contribution in [0.2, 0.25) is 0 Å². The maximum Gasteiger partial charge on any atom is 0.418 e. The van der Waals surface area contributed by atoms with Gasteiger partial charge in [-0.25, -0.2) is 4.79 Å². The minimum Gasteiger partial charge on any atom is -0.444 e. The average Bonchev–Trinajstić information content (AvgIpc) is 2.44. The molecule has 4 nitrogen and oxygen atoms in total. The van der Waals surface area contributed by atoms with Gasteiger partial charge in [0.05, 0.1) is 11.3 Å². The molecule has 1 aliphatic heterocycles. The van der Waals surface area contributed by atoms with Crippen LogP contribution in [0.1, 0.15) is 26.3 Å². The average molecular weight is 409 g/mol. The molecule has 0 spiro atoms. The zero-order chi connectivity index (χ0) is 18.1. The number of hydrogen-bond acceptors (Lipinski definition) is 3. The van der Waals surface area contributed by atoms with E-state index in [-0.39, 0.29) is 5.69 Å². The molecule has 2 rings (SSSR count). The summed E-state index contributed by atoms with van der Waals surface area (Å²) in [7, 11) is 0. The van der Waals surface area contributed by atoms with Crippen molar-refractivity contribution in [3.8, 4) is 0 Å². The highest BCUT2D eigenvalue weighted by Crippen LogP contribution is 2.41. The number of benzene rings is 1. The molecule has 1 aromatic rings. The molecule has 1 amide bonds. The van der Waals surface area contributed by atoms with E-state index in [4.69, 9.17) is 4.74 Å². The Morgan fingerprint density at radius 2 is 1.71 bits per heavy atom. The van der Waals surface area contributed by atoms with Crippen molar-refractivity contribution >= 4 is 27.7 Å². The van der Waals surface area contributed by atoms with Crippen molar-refractivity contribution < 1.29 is 22.7 Å². The second-order valence-corrected chi connectivity index (χ2v) is 7.44. The highest BCUT2D eigenvalue weighted by atomic mass is 79.9. The molecular weight excluding hydrogens is 389 g/mol.